The Bertz CT molecular complexity index is 882. The van der Waals surface area contributed by atoms with Gasteiger partial charge in [-0.15, -0.1) is 5.10 Å². The van der Waals surface area contributed by atoms with E-state index in [1.54, 1.807) is 6.26 Å². The Labute approximate surface area is 170 Å². The van der Waals surface area contributed by atoms with E-state index >= 15 is 0 Å². The fourth-order valence-electron chi connectivity index (χ4n) is 3.78. The average Bonchev–Trinajstić information content (AvgIpc) is 3.45. The Hall–Kier alpha value is -2.58. The van der Waals surface area contributed by atoms with E-state index < -0.39 is 0 Å². The molecule has 29 heavy (non-hydrogen) atoms. The molecule has 1 fully saturated rings. The van der Waals surface area contributed by atoms with Crippen LogP contribution in [0, 0.1) is 0 Å². The molecule has 154 valence electrons. The van der Waals surface area contributed by atoms with Gasteiger partial charge in [-0.1, -0.05) is 6.07 Å². The first kappa shape index (κ1) is 19.7. The summed E-state index contributed by atoms with van der Waals surface area (Å²) in [5.41, 5.74) is 0.642. The van der Waals surface area contributed by atoms with Crippen molar-refractivity contribution in [2.45, 2.75) is 57.8 Å². The summed E-state index contributed by atoms with van der Waals surface area (Å²) in [4.78, 5) is 6.97. The molecular weight excluding hydrogens is 368 g/mol. The van der Waals surface area contributed by atoms with Crippen LogP contribution in [-0.4, -0.2) is 49.3 Å². The molecule has 0 aliphatic carbocycles. The summed E-state index contributed by atoms with van der Waals surface area (Å²) in [6.07, 6.45) is 5.83. The van der Waals surface area contributed by atoms with Gasteiger partial charge in [-0.25, -0.2) is 4.68 Å². The first-order valence-corrected chi connectivity index (χ1v) is 10.1. The van der Waals surface area contributed by atoms with Crippen molar-refractivity contribution in [2.75, 3.05) is 13.2 Å². The molecule has 1 aliphatic rings. The van der Waals surface area contributed by atoms with Crippen LogP contribution in [0.2, 0.25) is 0 Å². The molecule has 8 nitrogen and oxygen atoms in total. The molecule has 1 saturated heterocycles. The monoisotopic (exact) mass is 396 g/mol. The van der Waals surface area contributed by atoms with E-state index in [1.807, 2.05) is 41.2 Å². The zero-order valence-electron chi connectivity index (χ0n) is 17.2. The van der Waals surface area contributed by atoms with Crippen molar-refractivity contribution in [3.8, 4) is 0 Å². The lowest BCUT2D eigenvalue weighted by molar-refractivity contribution is 0.0531. The third-order valence-electron chi connectivity index (χ3n) is 5.11. The van der Waals surface area contributed by atoms with Gasteiger partial charge in [-0.3, -0.25) is 9.88 Å². The molecule has 1 aliphatic heterocycles. The van der Waals surface area contributed by atoms with Crippen molar-refractivity contribution >= 4 is 0 Å². The third kappa shape index (κ3) is 4.54. The maximum atomic E-state index is 5.95. The Morgan fingerprint density at radius 3 is 2.79 bits per heavy atom. The molecule has 2 atom stereocenters. The van der Waals surface area contributed by atoms with Crippen LogP contribution in [0.1, 0.15) is 56.9 Å². The van der Waals surface area contributed by atoms with E-state index in [4.69, 9.17) is 9.15 Å². The summed E-state index contributed by atoms with van der Waals surface area (Å²) in [7, 11) is 0. The number of hydrogen-bond acceptors (Lipinski definition) is 7. The Morgan fingerprint density at radius 2 is 2.14 bits per heavy atom. The normalized spacial score (nSPS) is 18.4. The van der Waals surface area contributed by atoms with Gasteiger partial charge in [0, 0.05) is 19.3 Å². The minimum Gasteiger partial charge on any atom is -0.468 e. The molecule has 0 aromatic carbocycles. The molecular formula is C21H28N6O2. The Kier molecular flexibility index (Phi) is 5.73. The van der Waals surface area contributed by atoms with E-state index in [2.05, 4.69) is 46.2 Å². The van der Waals surface area contributed by atoms with Crippen molar-refractivity contribution in [1.29, 1.82) is 0 Å². The van der Waals surface area contributed by atoms with E-state index in [9.17, 15) is 0 Å². The molecule has 4 rings (SSSR count). The van der Waals surface area contributed by atoms with Gasteiger partial charge in [0.2, 0.25) is 0 Å². The lowest BCUT2D eigenvalue weighted by atomic mass is 10.1. The number of hydrogen-bond donors (Lipinski definition) is 0. The second kappa shape index (κ2) is 8.42. The summed E-state index contributed by atoms with van der Waals surface area (Å²) >= 11 is 0. The number of pyridine rings is 1. The van der Waals surface area contributed by atoms with Gasteiger partial charge in [-0.05, 0) is 68.3 Å². The van der Waals surface area contributed by atoms with Crippen LogP contribution >= 0.6 is 0 Å². The number of furan rings is 1. The van der Waals surface area contributed by atoms with Crippen LogP contribution in [0.4, 0.5) is 0 Å². The summed E-state index contributed by atoms with van der Waals surface area (Å²) in [5, 5.41) is 12.7. The van der Waals surface area contributed by atoms with Crippen molar-refractivity contribution in [1.82, 2.24) is 30.1 Å². The SMILES string of the molecule is CC(C)(C)n1nnnc1[C@@H](c1ccccn1)N(Cc1ccco1)C[C@H]1CCCO1. The predicted molar refractivity (Wildman–Crippen MR) is 107 cm³/mol. The standard InChI is InChI=1S/C21H28N6O2/c1-21(2,3)27-20(23-24-25-27)19(18-10-4-5-11-22-18)26(14-16-8-6-12-28-16)15-17-9-7-13-29-17/h4-6,8,10-12,17,19H,7,9,13-15H2,1-3H3/t17-,19-/m1/s1. The zero-order valence-corrected chi connectivity index (χ0v) is 17.2. The number of nitrogens with zero attached hydrogens (tertiary/aromatic N) is 6. The maximum absolute atomic E-state index is 5.95. The molecule has 3 aromatic rings. The quantitative estimate of drug-likeness (QED) is 0.606. The van der Waals surface area contributed by atoms with Crippen molar-refractivity contribution in [2.24, 2.45) is 0 Å². The highest BCUT2D eigenvalue weighted by Gasteiger charge is 2.34. The molecule has 0 N–H and O–H groups in total. The third-order valence-corrected chi connectivity index (χ3v) is 5.11. The number of aromatic nitrogens is 5. The Balaban J connectivity index is 1.76. The smallest absolute Gasteiger partial charge is 0.175 e. The fourth-order valence-corrected chi connectivity index (χ4v) is 3.78. The lowest BCUT2D eigenvalue weighted by Gasteiger charge is -2.33. The van der Waals surface area contributed by atoms with Gasteiger partial charge in [-0.2, -0.15) is 0 Å². The van der Waals surface area contributed by atoms with Crippen LogP contribution in [0.15, 0.2) is 47.2 Å². The number of tetrazole rings is 1. The summed E-state index contributed by atoms with van der Waals surface area (Å²) in [5.74, 6) is 1.65. The maximum Gasteiger partial charge on any atom is 0.175 e. The first-order valence-electron chi connectivity index (χ1n) is 10.1. The molecule has 0 saturated carbocycles. The second-order valence-electron chi connectivity index (χ2n) is 8.42. The molecule has 4 heterocycles. The minimum absolute atomic E-state index is 0.176. The zero-order chi connectivity index (χ0) is 20.3. The van der Waals surface area contributed by atoms with E-state index in [-0.39, 0.29) is 17.7 Å². The van der Waals surface area contributed by atoms with E-state index in [0.717, 1.165) is 43.3 Å². The molecule has 8 heteroatoms. The van der Waals surface area contributed by atoms with Crippen molar-refractivity contribution < 1.29 is 9.15 Å². The summed E-state index contributed by atoms with van der Waals surface area (Å²) in [6.45, 7) is 8.47. The lowest BCUT2D eigenvalue weighted by Crippen LogP contribution is -2.39. The fraction of sp³-hybridized carbons (Fsp3) is 0.524. The largest absolute Gasteiger partial charge is 0.468 e. The van der Waals surface area contributed by atoms with Crippen molar-refractivity contribution in [3.63, 3.8) is 0 Å². The van der Waals surface area contributed by atoms with Crippen LogP contribution < -0.4 is 0 Å². The topological polar surface area (TPSA) is 82.1 Å². The van der Waals surface area contributed by atoms with Gasteiger partial charge < -0.3 is 9.15 Å². The van der Waals surface area contributed by atoms with Crippen LogP contribution in [0.3, 0.4) is 0 Å². The molecule has 0 bridgehead atoms. The summed E-state index contributed by atoms with van der Waals surface area (Å²) in [6, 6.07) is 9.62. The van der Waals surface area contributed by atoms with Crippen molar-refractivity contribution in [3.05, 3.63) is 60.1 Å². The van der Waals surface area contributed by atoms with Gasteiger partial charge in [0.25, 0.3) is 0 Å². The van der Waals surface area contributed by atoms with E-state index in [1.165, 1.54) is 0 Å². The molecule has 0 amide bonds. The van der Waals surface area contributed by atoms with E-state index in [0.29, 0.717) is 6.54 Å². The van der Waals surface area contributed by atoms with Crippen LogP contribution in [0.5, 0.6) is 0 Å². The Morgan fingerprint density at radius 1 is 1.24 bits per heavy atom. The van der Waals surface area contributed by atoms with Gasteiger partial charge in [0.15, 0.2) is 5.82 Å². The average molecular weight is 396 g/mol. The molecule has 0 radical (unpaired) electrons. The first-order chi connectivity index (χ1) is 14.0. The predicted octanol–water partition coefficient (Wildman–Crippen LogP) is 3.19. The molecule has 0 unspecified atom stereocenters. The highest BCUT2D eigenvalue weighted by molar-refractivity contribution is 5.18. The second-order valence-corrected chi connectivity index (χ2v) is 8.42. The number of ether oxygens (including phenoxy) is 1. The minimum atomic E-state index is -0.258. The molecule has 3 aromatic heterocycles. The van der Waals surface area contributed by atoms with Gasteiger partial charge >= 0.3 is 0 Å². The van der Waals surface area contributed by atoms with Crippen LogP contribution in [-0.2, 0) is 16.8 Å². The van der Waals surface area contributed by atoms with Gasteiger partial charge in [0.05, 0.1) is 30.1 Å². The molecule has 0 spiro atoms. The van der Waals surface area contributed by atoms with Crippen LogP contribution in [0.25, 0.3) is 0 Å². The summed E-state index contributed by atoms with van der Waals surface area (Å²) < 4.78 is 13.5. The number of rotatable bonds is 7. The highest BCUT2D eigenvalue weighted by Crippen LogP contribution is 2.31. The van der Waals surface area contributed by atoms with Gasteiger partial charge in [0.1, 0.15) is 11.8 Å². The highest BCUT2D eigenvalue weighted by atomic mass is 16.5.